The molecule has 0 heterocycles. The average molecular weight is 285 g/mol. The highest BCUT2D eigenvalue weighted by Gasteiger charge is 2.15. The first-order chi connectivity index (χ1) is 8.75. The van der Waals surface area contributed by atoms with Gasteiger partial charge in [-0.05, 0) is 31.0 Å². The second-order valence-electron chi connectivity index (χ2n) is 4.41. The predicted octanol–water partition coefficient (Wildman–Crippen LogP) is 0.708. The van der Waals surface area contributed by atoms with Crippen molar-refractivity contribution >= 4 is 21.6 Å². The fourth-order valence-corrected chi connectivity index (χ4v) is 2.47. The molecule has 0 bridgehead atoms. The van der Waals surface area contributed by atoms with Crippen LogP contribution in [0.2, 0.25) is 0 Å². The van der Waals surface area contributed by atoms with Crippen LogP contribution in [0.1, 0.15) is 25.3 Å². The molecule has 1 aromatic rings. The van der Waals surface area contributed by atoms with Crippen molar-refractivity contribution in [3.63, 3.8) is 0 Å². The normalized spacial score (nSPS) is 13.1. The topological polar surface area (TPSA) is 115 Å². The van der Waals surface area contributed by atoms with E-state index in [4.69, 9.17) is 10.9 Å². The zero-order valence-corrected chi connectivity index (χ0v) is 11.8. The standard InChI is InChI=1S/C12H19N3O3S/c1-3-4-10(13)12(16)15-9-6-5-8(2)11(7-9)19(14,17)18/h5-7,10H,3-4,13H2,1-2H3,(H,15,16)(H2,14,17,18). The Morgan fingerprint density at radius 2 is 2.05 bits per heavy atom. The summed E-state index contributed by atoms with van der Waals surface area (Å²) in [6.45, 7) is 3.56. The first-order valence-electron chi connectivity index (χ1n) is 5.95. The van der Waals surface area contributed by atoms with E-state index < -0.39 is 16.1 Å². The molecule has 0 spiro atoms. The average Bonchev–Trinajstić information content (AvgIpc) is 2.30. The Bertz CT molecular complexity index is 570. The number of primary sulfonamides is 1. The van der Waals surface area contributed by atoms with Gasteiger partial charge in [-0.15, -0.1) is 0 Å². The van der Waals surface area contributed by atoms with Crippen molar-refractivity contribution in [2.24, 2.45) is 10.9 Å². The lowest BCUT2D eigenvalue weighted by atomic mass is 10.1. The molecule has 1 atom stereocenters. The predicted molar refractivity (Wildman–Crippen MR) is 74.1 cm³/mol. The van der Waals surface area contributed by atoms with Gasteiger partial charge in [-0.3, -0.25) is 4.79 Å². The molecule has 0 aliphatic rings. The Morgan fingerprint density at radius 1 is 1.42 bits per heavy atom. The fourth-order valence-electron chi connectivity index (χ4n) is 1.66. The summed E-state index contributed by atoms with van der Waals surface area (Å²) in [4.78, 5) is 11.7. The van der Waals surface area contributed by atoms with Gasteiger partial charge in [-0.2, -0.15) is 0 Å². The number of nitrogens with one attached hydrogen (secondary N) is 1. The Hall–Kier alpha value is -1.44. The number of benzene rings is 1. The van der Waals surface area contributed by atoms with Gasteiger partial charge in [0.2, 0.25) is 15.9 Å². The number of hydrogen-bond acceptors (Lipinski definition) is 4. The highest BCUT2D eigenvalue weighted by atomic mass is 32.2. The van der Waals surface area contributed by atoms with Crippen molar-refractivity contribution in [2.75, 3.05) is 5.32 Å². The van der Waals surface area contributed by atoms with Gasteiger partial charge in [-0.25, -0.2) is 13.6 Å². The third-order valence-electron chi connectivity index (χ3n) is 2.70. The van der Waals surface area contributed by atoms with E-state index in [-0.39, 0.29) is 10.8 Å². The monoisotopic (exact) mass is 285 g/mol. The van der Waals surface area contributed by atoms with Crippen LogP contribution >= 0.6 is 0 Å². The minimum absolute atomic E-state index is 0.00522. The summed E-state index contributed by atoms with van der Waals surface area (Å²) >= 11 is 0. The molecule has 0 saturated heterocycles. The number of nitrogens with two attached hydrogens (primary N) is 2. The summed E-state index contributed by atoms with van der Waals surface area (Å²) in [5.74, 6) is -0.342. The molecule has 0 radical (unpaired) electrons. The summed E-state index contributed by atoms with van der Waals surface area (Å²) in [6, 6.07) is 3.92. The van der Waals surface area contributed by atoms with Crippen LogP contribution < -0.4 is 16.2 Å². The zero-order chi connectivity index (χ0) is 14.6. The highest BCUT2D eigenvalue weighted by Crippen LogP contribution is 2.19. The molecule has 6 nitrogen and oxygen atoms in total. The smallest absolute Gasteiger partial charge is 0.241 e. The van der Waals surface area contributed by atoms with Crippen molar-refractivity contribution in [1.29, 1.82) is 0 Å². The van der Waals surface area contributed by atoms with Crippen molar-refractivity contribution in [1.82, 2.24) is 0 Å². The largest absolute Gasteiger partial charge is 0.325 e. The van der Waals surface area contributed by atoms with Crippen molar-refractivity contribution in [3.05, 3.63) is 23.8 Å². The summed E-state index contributed by atoms with van der Waals surface area (Å²) < 4.78 is 22.7. The first kappa shape index (κ1) is 15.6. The van der Waals surface area contributed by atoms with Gasteiger partial charge in [0.1, 0.15) is 0 Å². The van der Waals surface area contributed by atoms with E-state index in [1.54, 1.807) is 19.1 Å². The van der Waals surface area contributed by atoms with E-state index in [9.17, 15) is 13.2 Å². The molecule has 19 heavy (non-hydrogen) atoms. The lowest BCUT2D eigenvalue weighted by molar-refractivity contribution is -0.117. The molecule has 1 rings (SSSR count). The minimum Gasteiger partial charge on any atom is -0.325 e. The van der Waals surface area contributed by atoms with Crippen LogP contribution in [0.5, 0.6) is 0 Å². The molecular weight excluding hydrogens is 266 g/mol. The SMILES string of the molecule is CCCC(N)C(=O)Nc1ccc(C)c(S(N)(=O)=O)c1. The maximum absolute atomic E-state index is 11.7. The van der Waals surface area contributed by atoms with Crippen LogP contribution in [-0.2, 0) is 14.8 Å². The minimum atomic E-state index is -3.80. The number of carbonyl (C=O) groups is 1. The Labute approximate surface area is 113 Å². The second kappa shape index (κ2) is 6.14. The third kappa shape index (κ3) is 4.30. The Kier molecular flexibility index (Phi) is 5.04. The van der Waals surface area contributed by atoms with Gasteiger partial charge in [0.05, 0.1) is 10.9 Å². The molecule has 0 aliphatic heterocycles. The van der Waals surface area contributed by atoms with E-state index in [0.717, 1.165) is 6.42 Å². The first-order valence-corrected chi connectivity index (χ1v) is 7.50. The number of rotatable bonds is 5. The van der Waals surface area contributed by atoms with Gasteiger partial charge < -0.3 is 11.1 Å². The number of hydrogen-bond donors (Lipinski definition) is 3. The number of sulfonamides is 1. The maximum atomic E-state index is 11.7. The van der Waals surface area contributed by atoms with E-state index in [1.807, 2.05) is 6.92 Å². The zero-order valence-electron chi connectivity index (χ0n) is 11.0. The molecule has 0 aromatic heterocycles. The van der Waals surface area contributed by atoms with Crippen LogP contribution in [0.25, 0.3) is 0 Å². The van der Waals surface area contributed by atoms with Crippen LogP contribution in [0, 0.1) is 6.92 Å². The Balaban J connectivity index is 2.95. The molecule has 0 aliphatic carbocycles. The van der Waals surface area contributed by atoms with Gasteiger partial charge in [0, 0.05) is 5.69 Å². The van der Waals surface area contributed by atoms with Gasteiger partial charge in [0.25, 0.3) is 0 Å². The molecule has 106 valence electrons. The lowest BCUT2D eigenvalue weighted by Crippen LogP contribution is -2.35. The number of anilines is 1. The molecule has 0 saturated carbocycles. The third-order valence-corrected chi connectivity index (χ3v) is 3.75. The number of carbonyl (C=O) groups excluding carboxylic acids is 1. The van der Waals surface area contributed by atoms with Crippen molar-refractivity contribution < 1.29 is 13.2 Å². The molecule has 1 unspecified atom stereocenters. The van der Waals surface area contributed by atoms with Crippen molar-refractivity contribution in [2.45, 2.75) is 37.6 Å². The van der Waals surface area contributed by atoms with Crippen LogP contribution in [0.3, 0.4) is 0 Å². The summed E-state index contributed by atoms with van der Waals surface area (Å²) in [6.07, 6.45) is 1.37. The fraction of sp³-hybridized carbons (Fsp3) is 0.417. The van der Waals surface area contributed by atoms with Gasteiger partial charge >= 0.3 is 0 Å². The second-order valence-corrected chi connectivity index (χ2v) is 5.94. The Morgan fingerprint density at radius 3 is 2.58 bits per heavy atom. The maximum Gasteiger partial charge on any atom is 0.241 e. The van der Waals surface area contributed by atoms with Crippen molar-refractivity contribution in [3.8, 4) is 0 Å². The molecule has 7 heteroatoms. The van der Waals surface area contributed by atoms with E-state index in [0.29, 0.717) is 17.7 Å². The molecule has 1 aromatic carbocycles. The summed E-state index contributed by atoms with van der Waals surface area (Å²) in [5, 5.41) is 7.68. The summed E-state index contributed by atoms with van der Waals surface area (Å²) in [7, 11) is -3.80. The highest BCUT2D eigenvalue weighted by molar-refractivity contribution is 7.89. The molecule has 5 N–H and O–H groups in total. The van der Waals surface area contributed by atoms with E-state index in [2.05, 4.69) is 5.32 Å². The van der Waals surface area contributed by atoms with E-state index >= 15 is 0 Å². The molecule has 0 fully saturated rings. The summed E-state index contributed by atoms with van der Waals surface area (Å²) in [5.41, 5.74) is 6.57. The van der Waals surface area contributed by atoms with Gasteiger partial charge in [-0.1, -0.05) is 19.4 Å². The molecular formula is C12H19N3O3S. The van der Waals surface area contributed by atoms with E-state index in [1.165, 1.54) is 6.07 Å². The number of aryl methyl sites for hydroxylation is 1. The number of amides is 1. The van der Waals surface area contributed by atoms with Gasteiger partial charge in [0.15, 0.2) is 0 Å². The lowest BCUT2D eigenvalue weighted by Gasteiger charge is -2.12. The van der Waals surface area contributed by atoms with Crippen LogP contribution in [0.15, 0.2) is 23.1 Å². The van der Waals surface area contributed by atoms with Crippen LogP contribution in [0.4, 0.5) is 5.69 Å². The molecule has 1 amide bonds. The van der Waals surface area contributed by atoms with Crippen LogP contribution in [-0.4, -0.2) is 20.4 Å². The quantitative estimate of drug-likeness (QED) is 0.738.